The van der Waals surface area contributed by atoms with E-state index >= 15 is 0 Å². The maximum atomic E-state index is 14.0. The molecule has 0 bridgehead atoms. The number of urea groups is 1. The summed E-state index contributed by atoms with van der Waals surface area (Å²) in [5.74, 6) is 1.71. The summed E-state index contributed by atoms with van der Waals surface area (Å²) in [6.45, 7) is 11.2. The van der Waals surface area contributed by atoms with E-state index in [4.69, 9.17) is 15.5 Å². The van der Waals surface area contributed by atoms with Crippen molar-refractivity contribution in [2.75, 3.05) is 48.1 Å². The van der Waals surface area contributed by atoms with Gasteiger partial charge in [0.05, 0.1) is 25.0 Å². The maximum Gasteiger partial charge on any atom is 0.330 e. The summed E-state index contributed by atoms with van der Waals surface area (Å²) in [5, 5.41) is 3.25. The predicted molar refractivity (Wildman–Crippen MR) is 168 cm³/mol. The van der Waals surface area contributed by atoms with E-state index in [1.165, 1.54) is 6.42 Å². The Labute approximate surface area is 244 Å². The molecule has 0 unspecified atom stereocenters. The lowest BCUT2D eigenvalue weighted by molar-refractivity contribution is 0.244. The molecule has 220 valence electrons. The Morgan fingerprint density at radius 3 is 2.37 bits per heavy atom. The number of methoxy groups -OCH3 is 1. The summed E-state index contributed by atoms with van der Waals surface area (Å²) < 4.78 is 5.46. The van der Waals surface area contributed by atoms with E-state index in [2.05, 4.69) is 62.1 Å². The number of anilines is 5. The topological polar surface area (TPSA) is 99.9 Å². The fourth-order valence-electron chi connectivity index (χ4n) is 5.47. The number of aromatic nitrogens is 2. The normalized spacial score (nSPS) is 15.3. The van der Waals surface area contributed by atoms with Gasteiger partial charge in [0.25, 0.3) is 0 Å². The number of para-hydroxylation sites is 1. The molecule has 41 heavy (non-hydrogen) atoms. The molecule has 1 fully saturated rings. The van der Waals surface area contributed by atoms with E-state index in [0.29, 0.717) is 35.4 Å². The summed E-state index contributed by atoms with van der Waals surface area (Å²) in [7, 11) is 3.71. The Bertz CT molecular complexity index is 1320. The van der Waals surface area contributed by atoms with Crippen molar-refractivity contribution >= 4 is 34.9 Å². The van der Waals surface area contributed by atoms with Gasteiger partial charge in [-0.1, -0.05) is 51.3 Å². The zero-order valence-electron chi connectivity index (χ0n) is 25.4. The molecule has 3 N–H and O–H groups in total. The Kier molecular flexibility index (Phi) is 10.0. The lowest BCUT2D eigenvalue weighted by atomic mass is 9.93. The summed E-state index contributed by atoms with van der Waals surface area (Å²) in [4.78, 5) is 29.5. The number of aryl methyl sites for hydroxylation is 2. The molecule has 0 spiro atoms. The molecule has 2 aliphatic rings. The molecule has 2 aromatic carbocycles. The van der Waals surface area contributed by atoms with Crippen molar-refractivity contribution in [2.45, 2.75) is 72.4 Å². The first-order valence-corrected chi connectivity index (χ1v) is 14.7. The quantitative estimate of drug-likeness (QED) is 0.312. The Balaban J connectivity index is 0.000000585. The summed E-state index contributed by atoms with van der Waals surface area (Å²) in [5.41, 5.74) is 11.3. The third-order valence-corrected chi connectivity index (χ3v) is 8.04. The van der Waals surface area contributed by atoms with E-state index < -0.39 is 0 Å². The average Bonchev–Trinajstić information content (AvgIpc) is 2.98. The molecule has 0 radical (unpaired) electrons. The third-order valence-electron chi connectivity index (χ3n) is 8.04. The highest BCUT2D eigenvalue weighted by Gasteiger charge is 2.38. The van der Waals surface area contributed by atoms with Crippen LogP contribution in [0.2, 0.25) is 0 Å². The summed E-state index contributed by atoms with van der Waals surface area (Å²) in [6.07, 6.45) is 7.23. The highest BCUT2D eigenvalue weighted by Crippen LogP contribution is 2.38. The third kappa shape index (κ3) is 6.90. The van der Waals surface area contributed by atoms with E-state index in [0.717, 1.165) is 61.2 Å². The molecule has 1 aliphatic heterocycles. The number of fused-ring (bicyclic) bond motifs is 1. The number of nitrogen functional groups attached to an aromatic ring is 1. The zero-order valence-corrected chi connectivity index (χ0v) is 25.4. The summed E-state index contributed by atoms with van der Waals surface area (Å²) >= 11 is 0. The number of hydrogen-bond donors (Lipinski definition) is 2. The molecule has 9 heteroatoms. The van der Waals surface area contributed by atoms with Crippen LogP contribution >= 0.6 is 0 Å². The molecule has 3 aromatic rings. The lowest BCUT2D eigenvalue weighted by Crippen LogP contribution is -2.53. The molecule has 0 saturated heterocycles. The molecule has 5 rings (SSSR count). The van der Waals surface area contributed by atoms with Gasteiger partial charge in [-0.25, -0.2) is 9.78 Å². The van der Waals surface area contributed by atoms with Gasteiger partial charge in [-0.05, 0) is 70.1 Å². The highest BCUT2D eigenvalue weighted by molar-refractivity contribution is 6.06. The van der Waals surface area contributed by atoms with Crippen molar-refractivity contribution in [1.82, 2.24) is 14.9 Å². The second kappa shape index (κ2) is 13.7. The fourth-order valence-corrected chi connectivity index (χ4v) is 5.47. The van der Waals surface area contributed by atoms with Gasteiger partial charge in [0.1, 0.15) is 11.6 Å². The first-order valence-electron chi connectivity index (χ1n) is 14.7. The van der Waals surface area contributed by atoms with Crippen LogP contribution in [0.25, 0.3) is 0 Å². The largest absolute Gasteiger partial charge is 0.494 e. The van der Waals surface area contributed by atoms with Gasteiger partial charge in [-0.15, -0.1) is 0 Å². The standard InChI is InChI=1S/C27H32N6O2.C5H13N/c1-17-8-7-9-18(2)24(17)32-16-19-15-29-26(30-22-13-12-20(28)14-23(22)35-3)31-25(19)33(27(32)34)21-10-5-4-6-11-21;1-4-6(3)5-2/h7-9,12-15,21H,4-6,10-11,16,28H2,1-3H3,(H,29,30,31);4-5H2,1-3H3. The number of nitrogens with two attached hydrogens (primary N) is 1. The van der Waals surface area contributed by atoms with Crippen molar-refractivity contribution in [3.8, 4) is 5.75 Å². The van der Waals surface area contributed by atoms with Crippen LogP contribution in [0.1, 0.15) is 62.6 Å². The van der Waals surface area contributed by atoms with Crippen molar-refractivity contribution in [3.63, 3.8) is 0 Å². The molecule has 1 aromatic heterocycles. The van der Waals surface area contributed by atoms with Crippen molar-refractivity contribution in [1.29, 1.82) is 0 Å². The molecular weight excluding hydrogens is 514 g/mol. The second-order valence-corrected chi connectivity index (χ2v) is 10.9. The number of rotatable bonds is 7. The van der Waals surface area contributed by atoms with Crippen molar-refractivity contribution in [2.24, 2.45) is 0 Å². The Morgan fingerprint density at radius 2 is 1.76 bits per heavy atom. The van der Waals surface area contributed by atoms with E-state index in [1.807, 2.05) is 28.1 Å². The molecule has 1 aliphatic carbocycles. The van der Waals surface area contributed by atoms with Crippen LogP contribution in [0.15, 0.2) is 42.6 Å². The van der Waals surface area contributed by atoms with Crippen LogP contribution in [0.4, 0.5) is 33.6 Å². The van der Waals surface area contributed by atoms with Crippen molar-refractivity contribution in [3.05, 3.63) is 59.3 Å². The van der Waals surface area contributed by atoms with Crippen LogP contribution in [0.3, 0.4) is 0 Å². The molecule has 9 nitrogen and oxygen atoms in total. The minimum absolute atomic E-state index is 0.0171. The second-order valence-electron chi connectivity index (χ2n) is 10.9. The van der Waals surface area contributed by atoms with Gasteiger partial charge in [0.15, 0.2) is 0 Å². The van der Waals surface area contributed by atoms with E-state index in [9.17, 15) is 4.79 Å². The number of carbonyl (C=O) groups is 1. The number of benzene rings is 2. The molecule has 0 atom stereocenters. The average molecular weight is 560 g/mol. The van der Waals surface area contributed by atoms with Crippen LogP contribution in [0, 0.1) is 13.8 Å². The van der Waals surface area contributed by atoms with Crippen LogP contribution in [-0.2, 0) is 6.54 Å². The SMILES string of the molecule is CCN(C)CC.COc1cc(N)ccc1Nc1ncc2c(n1)N(C1CCCCC1)C(=O)N(c1c(C)cccc1C)C2. The zero-order chi connectivity index (χ0) is 29.5. The van der Waals surface area contributed by atoms with Crippen LogP contribution < -0.4 is 25.6 Å². The molecule has 2 amide bonds. The number of nitrogens with zero attached hydrogens (tertiary/aromatic N) is 5. The smallest absolute Gasteiger partial charge is 0.330 e. The molecular formula is C32H45N7O2. The highest BCUT2D eigenvalue weighted by atomic mass is 16.5. The van der Waals surface area contributed by atoms with E-state index in [-0.39, 0.29) is 12.1 Å². The van der Waals surface area contributed by atoms with Gasteiger partial charge in [-0.2, -0.15) is 4.98 Å². The van der Waals surface area contributed by atoms with Gasteiger partial charge in [-0.3, -0.25) is 9.80 Å². The Morgan fingerprint density at radius 1 is 1.07 bits per heavy atom. The first-order chi connectivity index (χ1) is 19.8. The van der Waals surface area contributed by atoms with Crippen molar-refractivity contribution < 1.29 is 9.53 Å². The van der Waals surface area contributed by atoms with Gasteiger partial charge in [0, 0.05) is 29.6 Å². The molecule has 2 heterocycles. The number of nitrogens with one attached hydrogen (secondary N) is 1. The Hall–Kier alpha value is -3.85. The fraction of sp³-hybridized carbons (Fsp3) is 0.469. The van der Waals surface area contributed by atoms with Crippen LogP contribution in [-0.4, -0.2) is 54.2 Å². The molecule has 1 saturated carbocycles. The number of ether oxygens (including phenoxy) is 1. The number of amides is 2. The first kappa shape index (κ1) is 30.1. The van der Waals surface area contributed by atoms with Gasteiger partial charge in [0.2, 0.25) is 5.95 Å². The number of hydrogen-bond acceptors (Lipinski definition) is 7. The van der Waals surface area contributed by atoms with Crippen LogP contribution in [0.5, 0.6) is 5.75 Å². The predicted octanol–water partition coefficient (Wildman–Crippen LogP) is 6.67. The summed E-state index contributed by atoms with van der Waals surface area (Å²) in [6, 6.07) is 11.6. The van der Waals surface area contributed by atoms with Gasteiger partial charge < -0.3 is 20.7 Å². The minimum atomic E-state index is -0.0171. The monoisotopic (exact) mass is 559 g/mol. The number of carbonyl (C=O) groups excluding carboxylic acids is 1. The lowest BCUT2D eigenvalue weighted by Gasteiger charge is -2.42. The van der Waals surface area contributed by atoms with Gasteiger partial charge >= 0.3 is 6.03 Å². The maximum absolute atomic E-state index is 14.0. The minimum Gasteiger partial charge on any atom is -0.494 e. The van der Waals surface area contributed by atoms with E-state index in [1.54, 1.807) is 19.2 Å².